The molecule has 5 heteroatoms. The van der Waals surface area contributed by atoms with E-state index in [2.05, 4.69) is 13.2 Å². The smallest absolute Gasteiger partial charge is 1.00 e. The Labute approximate surface area is 87.4 Å². The fourth-order valence-electron chi connectivity index (χ4n) is 0. The van der Waals surface area contributed by atoms with Crippen LogP contribution in [0.3, 0.4) is 0 Å². The number of rotatable bonds is 0. The van der Waals surface area contributed by atoms with E-state index >= 15 is 0 Å². The van der Waals surface area contributed by atoms with E-state index in [1.165, 1.54) is 11.7 Å². The van der Waals surface area contributed by atoms with E-state index in [0.29, 0.717) is 0 Å². The van der Waals surface area contributed by atoms with Gasteiger partial charge < -0.3 is 24.8 Å². The van der Waals surface area contributed by atoms with E-state index in [1.54, 1.807) is 0 Å². The van der Waals surface area contributed by atoms with Crippen molar-refractivity contribution in [1.29, 1.82) is 0 Å². The fourth-order valence-corrected chi connectivity index (χ4v) is 0. The minimum atomic E-state index is 0. The van der Waals surface area contributed by atoms with Crippen LogP contribution >= 0.6 is 0 Å². The van der Waals surface area contributed by atoms with Crippen LogP contribution in [0.25, 0.3) is 0 Å². The summed E-state index contributed by atoms with van der Waals surface area (Å²) in [6.45, 7) is 5.58. The van der Waals surface area contributed by atoms with Crippen molar-refractivity contribution in [2.45, 2.75) is 0 Å². The second kappa shape index (κ2) is 79.8. The van der Waals surface area contributed by atoms with Crippen molar-refractivity contribution in [3.8, 4) is 0 Å². The summed E-state index contributed by atoms with van der Waals surface area (Å²) < 4.78 is 0. The standard InChI is InChI=1S/2C2H2N.2ClH.Pb/c2*1-2-3;;;/h2*1H2;2*1H;/q;;;;+2/p-2. The van der Waals surface area contributed by atoms with Gasteiger partial charge in [0.15, 0.2) is 0 Å². The summed E-state index contributed by atoms with van der Waals surface area (Å²) in [6.07, 6.45) is 0. The molecule has 0 atom stereocenters. The first-order valence-electron chi connectivity index (χ1n) is 1.15. The third-order valence-corrected chi connectivity index (χ3v) is 0. The van der Waals surface area contributed by atoms with Crippen molar-refractivity contribution in [1.82, 2.24) is 10.8 Å². The molecule has 0 aromatic rings. The first kappa shape index (κ1) is 34.3. The average Bonchev–Trinajstić information content (AvgIpc) is 1.39. The van der Waals surface area contributed by atoms with Crippen molar-refractivity contribution >= 4 is 39.0 Å². The molecule has 0 aromatic heterocycles. The predicted molar refractivity (Wildman–Crippen MR) is 31.3 cm³/mol. The molecule has 0 spiro atoms. The summed E-state index contributed by atoms with van der Waals surface area (Å²) in [4.78, 5) is 0. The van der Waals surface area contributed by atoms with Crippen LogP contribution in [-0.4, -0.2) is 39.0 Å². The molecule has 0 aliphatic carbocycles. The largest absolute Gasteiger partial charge is 2.00 e. The van der Waals surface area contributed by atoms with E-state index in [1.807, 2.05) is 0 Å². The van der Waals surface area contributed by atoms with Gasteiger partial charge in [-0.3, -0.25) is 0 Å². The Balaban J connectivity index is -0.00000000889. The van der Waals surface area contributed by atoms with Gasteiger partial charge >= 0.3 is 27.3 Å². The van der Waals surface area contributed by atoms with Crippen LogP contribution in [0.4, 0.5) is 0 Å². The van der Waals surface area contributed by atoms with E-state index < -0.39 is 0 Å². The second-order valence-electron chi connectivity index (χ2n) is 0.316. The van der Waals surface area contributed by atoms with Crippen LogP contribution in [0, 0.1) is 0 Å². The molecular weight excluding hydrogens is 354 g/mol. The molecule has 0 aliphatic rings. The number of halogens is 2. The van der Waals surface area contributed by atoms with Crippen molar-refractivity contribution in [2.24, 2.45) is 0 Å². The number of hydrogen-bond acceptors (Lipinski definition) is 0. The first-order valence-corrected chi connectivity index (χ1v) is 1.15. The molecule has 0 amide bonds. The van der Waals surface area contributed by atoms with Crippen LogP contribution in [0.1, 0.15) is 0 Å². The van der Waals surface area contributed by atoms with Gasteiger partial charge in [0, 0.05) is 11.7 Å². The quantitative estimate of drug-likeness (QED) is 0.305. The molecule has 48 valence electrons. The Morgan fingerprint density at radius 1 is 0.889 bits per heavy atom. The molecule has 0 fully saturated rings. The van der Waals surface area contributed by atoms with Gasteiger partial charge in [0.25, 0.3) is 0 Å². The molecule has 4 radical (unpaired) electrons. The molecule has 2 nitrogen and oxygen atoms in total. The maximum absolute atomic E-state index is 7.21. The van der Waals surface area contributed by atoms with Gasteiger partial charge in [0.2, 0.25) is 0 Å². The minimum absolute atomic E-state index is 0. The van der Waals surface area contributed by atoms with E-state index in [0.717, 1.165) is 0 Å². The van der Waals surface area contributed by atoms with Gasteiger partial charge in [-0.2, -0.15) is 0 Å². The SMILES string of the molecule is C=C=[N].C=C=[N].[Cl-].[Cl-].[Pb+2]. The molecule has 0 aliphatic heterocycles. The number of hydrogen-bond donors (Lipinski definition) is 0. The average molecular weight is 358 g/mol. The van der Waals surface area contributed by atoms with Crippen LogP contribution in [0.2, 0.25) is 0 Å². The Bertz CT molecular complexity index is 70.6. The first-order chi connectivity index (χ1) is 2.83. The zero-order chi connectivity index (χ0) is 5.41. The van der Waals surface area contributed by atoms with Gasteiger partial charge in [-0.15, -0.1) is 0 Å². The molecule has 0 N–H and O–H groups in total. The summed E-state index contributed by atoms with van der Waals surface area (Å²) in [5.41, 5.74) is 0. The molecule has 0 saturated heterocycles. The summed E-state index contributed by atoms with van der Waals surface area (Å²) >= 11 is 0. The second-order valence-corrected chi connectivity index (χ2v) is 0.316. The molecule has 0 rings (SSSR count). The van der Waals surface area contributed by atoms with Gasteiger partial charge in [0.1, 0.15) is 0 Å². The Kier molecular flexibility index (Phi) is 304. The normalized spacial score (nSPS) is 1.78. The molecule has 0 unspecified atom stereocenters. The molecule has 9 heavy (non-hydrogen) atoms. The third-order valence-electron chi connectivity index (χ3n) is 0. The Morgan fingerprint density at radius 2 is 0.889 bits per heavy atom. The minimum Gasteiger partial charge on any atom is -1.00 e. The van der Waals surface area contributed by atoms with E-state index in [9.17, 15) is 0 Å². The van der Waals surface area contributed by atoms with Gasteiger partial charge in [0.05, 0.1) is 0 Å². The maximum atomic E-state index is 7.21. The monoisotopic (exact) mass is 358 g/mol. The maximum Gasteiger partial charge on any atom is 2.00 e. The third kappa shape index (κ3) is 2130. The summed E-state index contributed by atoms with van der Waals surface area (Å²) in [5, 5.41) is 14.4. The molecule has 0 aromatic carbocycles. The van der Waals surface area contributed by atoms with Crippen LogP contribution < -0.4 is 35.6 Å². The summed E-state index contributed by atoms with van der Waals surface area (Å²) in [5.74, 6) is 3.00. The van der Waals surface area contributed by atoms with Crippen molar-refractivity contribution in [3.05, 3.63) is 13.2 Å². The molecular formula is C4H4Cl2N2Pb. The summed E-state index contributed by atoms with van der Waals surface area (Å²) in [6, 6.07) is 0. The zero-order valence-electron chi connectivity index (χ0n) is 4.56. The van der Waals surface area contributed by atoms with Gasteiger partial charge in [-0.05, 0) is 13.2 Å². The van der Waals surface area contributed by atoms with Gasteiger partial charge in [-0.1, -0.05) is 10.8 Å². The molecule has 0 heterocycles. The van der Waals surface area contributed by atoms with Crippen molar-refractivity contribution in [3.63, 3.8) is 0 Å². The van der Waals surface area contributed by atoms with Crippen LogP contribution in [-0.2, 0) is 0 Å². The Morgan fingerprint density at radius 3 is 0.889 bits per heavy atom. The van der Waals surface area contributed by atoms with E-state index in [-0.39, 0.29) is 52.1 Å². The predicted octanol–water partition coefficient (Wildman–Crippen LogP) is -7.09. The molecule has 0 bridgehead atoms. The van der Waals surface area contributed by atoms with E-state index in [4.69, 9.17) is 10.8 Å². The van der Waals surface area contributed by atoms with Crippen molar-refractivity contribution < 1.29 is 24.8 Å². The van der Waals surface area contributed by atoms with Crippen molar-refractivity contribution in [2.75, 3.05) is 0 Å². The summed E-state index contributed by atoms with van der Waals surface area (Å²) in [7, 11) is 0. The topological polar surface area (TPSA) is 44.6 Å². The zero-order valence-corrected chi connectivity index (χ0v) is 9.96. The fraction of sp³-hybridized carbons (Fsp3) is 0. The molecule has 0 saturated carbocycles. The Hall–Kier alpha value is 0.402. The number of nitrogens with zero attached hydrogens (tertiary/aromatic N) is 2. The van der Waals surface area contributed by atoms with Gasteiger partial charge in [-0.25, -0.2) is 0 Å². The van der Waals surface area contributed by atoms with Crippen LogP contribution in [0.15, 0.2) is 13.2 Å². The van der Waals surface area contributed by atoms with Crippen LogP contribution in [0.5, 0.6) is 0 Å².